The third kappa shape index (κ3) is 2.62. The van der Waals surface area contributed by atoms with Crippen LogP contribution in [0.25, 0.3) is 0 Å². The predicted molar refractivity (Wildman–Crippen MR) is 75.2 cm³/mol. The van der Waals surface area contributed by atoms with Crippen molar-refractivity contribution in [1.82, 2.24) is 0 Å². The second-order valence-corrected chi connectivity index (χ2v) is 5.98. The molecular weight excluding hydrogens is 256 g/mol. The van der Waals surface area contributed by atoms with Crippen LogP contribution in [0, 0.1) is 17.3 Å². The number of Topliss-reactive ketones (excluding diaryl/α,β-unsaturated/α-hetero) is 1. The Labute approximate surface area is 121 Å². The molecule has 4 heteroatoms. The van der Waals surface area contributed by atoms with Gasteiger partial charge in [0, 0.05) is 6.42 Å². The molecule has 2 rings (SSSR count). The molecule has 2 fully saturated rings. The molecule has 1 heterocycles. The fraction of sp³-hybridized carbons (Fsp3) is 0.875. The van der Waals surface area contributed by atoms with Gasteiger partial charge in [-0.1, -0.05) is 32.6 Å². The minimum absolute atomic E-state index is 0.0348. The molecule has 0 radical (unpaired) electrons. The van der Waals surface area contributed by atoms with Gasteiger partial charge in [0.1, 0.15) is 0 Å². The summed E-state index contributed by atoms with van der Waals surface area (Å²) < 4.78 is 10.8. The molecule has 0 aromatic heterocycles. The first-order valence-electron chi connectivity index (χ1n) is 7.95. The number of ether oxygens (including phenoxy) is 2. The lowest BCUT2D eigenvalue weighted by molar-refractivity contribution is -0.178. The van der Waals surface area contributed by atoms with Crippen molar-refractivity contribution in [2.24, 2.45) is 17.3 Å². The lowest BCUT2D eigenvalue weighted by Crippen LogP contribution is -2.55. The third-order valence-electron chi connectivity index (χ3n) is 5.01. The van der Waals surface area contributed by atoms with Gasteiger partial charge in [0.05, 0.1) is 19.8 Å². The molecular formula is C16H26O4. The van der Waals surface area contributed by atoms with Crippen LogP contribution in [-0.2, 0) is 19.1 Å². The smallest absolute Gasteiger partial charge is 0.322 e. The Morgan fingerprint density at radius 2 is 2.10 bits per heavy atom. The molecule has 0 spiro atoms. The molecule has 3 atom stereocenters. The Morgan fingerprint density at radius 3 is 2.75 bits per heavy atom. The third-order valence-corrected chi connectivity index (χ3v) is 5.01. The maximum atomic E-state index is 12.6. The first-order valence-corrected chi connectivity index (χ1v) is 7.95. The second-order valence-electron chi connectivity index (χ2n) is 5.98. The first kappa shape index (κ1) is 15.5. The molecule has 0 amide bonds. The summed E-state index contributed by atoms with van der Waals surface area (Å²) >= 11 is 0. The summed E-state index contributed by atoms with van der Waals surface area (Å²) in [6, 6.07) is 0. The highest BCUT2D eigenvalue weighted by atomic mass is 16.5. The minimum Gasteiger partial charge on any atom is -0.465 e. The number of carbonyl (C=O) groups is 2. The van der Waals surface area contributed by atoms with E-state index >= 15 is 0 Å². The summed E-state index contributed by atoms with van der Waals surface area (Å²) in [5, 5.41) is 0. The van der Waals surface area contributed by atoms with Crippen molar-refractivity contribution in [3.63, 3.8) is 0 Å². The highest BCUT2D eigenvalue weighted by Gasteiger charge is 2.56. The zero-order chi connectivity index (χ0) is 14.6. The van der Waals surface area contributed by atoms with Crippen molar-refractivity contribution in [3.8, 4) is 0 Å². The van der Waals surface area contributed by atoms with Gasteiger partial charge in [-0.05, 0) is 25.2 Å². The lowest BCUT2D eigenvalue weighted by Gasteiger charge is -2.45. The van der Waals surface area contributed by atoms with Gasteiger partial charge >= 0.3 is 5.97 Å². The van der Waals surface area contributed by atoms with Crippen LogP contribution in [0.5, 0.6) is 0 Å². The summed E-state index contributed by atoms with van der Waals surface area (Å²) in [7, 11) is 0. The zero-order valence-corrected chi connectivity index (χ0v) is 12.7. The van der Waals surface area contributed by atoms with Crippen LogP contribution in [0.3, 0.4) is 0 Å². The summed E-state index contributed by atoms with van der Waals surface area (Å²) in [4.78, 5) is 25.2. The molecule has 0 aromatic carbocycles. The quantitative estimate of drug-likeness (QED) is 0.587. The van der Waals surface area contributed by atoms with Crippen molar-refractivity contribution in [2.75, 3.05) is 19.8 Å². The fourth-order valence-corrected chi connectivity index (χ4v) is 3.94. The molecule has 2 aliphatic rings. The van der Waals surface area contributed by atoms with E-state index in [9.17, 15) is 9.59 Å². The summed E-state index contributed by atoms with van der Waals surface area (Å²) in [6.45, 7) is 4.90. The number of ketones is 1. The van der Waals surface area contributed by atoms with Crippen molar-refractivity contribution in [3.05, 3.63) is 0 Å². The first-order chi connectivity index (χ1) is 9.66. The predicted octanol–water partition coefficient (Wildman–Crippen LogP) is 2.74. The monoisotopic (exact) mass is 282 g/mol. The Kier molecular flexibility index (Phi) is 5.19. The molecule has 1 saturated heterocycles. The maximum Gasteiger partial charge on any atom is 0.322 e. The van der Waals surface area contributed by atoms with Crippen LogP contribution in [0.15, 0.2) is 0 Å². The molecule has 114 valence electrons. The van der Waals surface area contributed by atoms with Gasteiger partial charge < -0.3 is 9.47 Å². The van der Waals surface area contributed by atoms with Gasteiger partial charge in [-0.15, -0.1) is 0 Å². The van der Waals surface area contributed by atoms with E-state index in [1.807, 2.05) is 0 Å². The normalized spacial score (nSPS) is 34.8. The Hall–Kier alpha value is -0.900. The second kappa shape index (κ2) is 6.70. The van der Waals surface area contributed by atoms with Gasteiger partial charge in [-0.25, -0.2) is 0 Å². The van der Waals surface area contributed by atoms with Gasteiger partial charge in [-0.3, -0.25) is 9.59 Å². The van der Waals surface area contributed by atoms with Crippen LogP contribution in [0.1, 0.15) is 52.4 Å². The summed E-state index contributed by atoms with van der Waals surface area (Å²) in [5.41, 5.74) is -1.03. The van der Waals surface area contributed by atoms with Crippen molar-refractivity contribution >= 4 is 11.8 Å². The average molecular weight is 282 g/mol. The maximum absolute atomic E-state index is 12.6. The van der Waals surface area contributed by atoms with E-state index in [1.165, 1.54) is 6.42 Å². The molecule has 4 nitrogen and oxygen atoms in total. The van der Waals surface area contributed by atoms with Crippen LogP contribution in [-0.4, -0.2) is 31.6 Å². The van der Waals surface area contributed by atoms with Crippen LogP contribution >= 0.6 is 0 Å². The SMILES string of the molecule is CCOC(=O)C1(C2CCCCC2CC)COCCC1=O. The van der Waals surface area contributed by atoms with Gasteiger partial charge in [0.25, 0.3) is 0 Å². The number of hydrogen-bond donors (Lipinski definition) is 0. The van der Waals surface area contributed by atoms with E-state index in [-0.39, 0.29) is 24.3 Å². The average Bonchev–Trinajstić information content (AvgIpc) is 2.48. The molecule has 1 aliphatic carbocycles. The number of carbonyl (C=O) groups excluding carboxylic acids is 2. The topological polar surface area (TPSA) is 52.6 Å². The fourth-order valence-electron chi connectivity index (χ4n) is 3.94. The summed E-state index contributed by atoms with van der Waals surface area (Å²) in [6.07, 6.45) is 5.69. The molecule has 20 heavy (non-hydrogen) atoms. The largest absolute Gasteiger partial charge is 0.465 e. The number of esters is 1. The van der Waals surface area contributed by atoms with E-state index in [4.69, 9.17) is 9.47 Å². The standard InChI is InChI=1S/C16H26O4/c1-3-12-7-5-6-8-13(12)16(15(18)20-4-2)11-19-10-9-14(16)17/h12-13H,3-11H2,1-2H3. The zero-order valence-electron chi connectivity index (χ0n) is 12.7. The highest BCUT2D eigenvalue weighted by Crippen LogP contribution is 2.47. The Morgan fingerprint density at radius 1 is 1.35 bits per heavy atom. The molecule has 1 saturated carbocycles. The lowest BCUT2D eigenvalue weighted by atomic mass is 9.60. The molecule has 3 unspecified atom stereocenters. The molecule has 0 bridgehead atoms. The number of hydrogen-bond acceptors (Lipinski definition) is 4. The summed E-state index contributed by atoms with van der Waals surface area (Å²) in [5.74, 6) is 0.203. The minimum atomic E-state index is -1.03. The van der Waals surface area contributed by atoms with E-state index in [0.29, 0.717) is 25.6 Å². The van der Waals surface area contributed by atoms with Crippen molar-refractivity contribution in [1.29, 1.82) is 0 Å². The Bertz CT molecular complexity index is 365. The van der Waals surface area contributed by atoms with E-state index in [2.05, 4.69) is 6.92 Å². The Balaban J connectivity index is 2.34. The van der Waals surface area contributed by atoms with E-state index in [1.54, 1.807) is 6.92 Å². The van der Waals surface area contributed by atoms with Gasteiger partial charge in [-0.2, -0.15) is 0 Å². The van der Waals surface area contributed by atoms with Crippen LogP contribution in [0.2, 0.25) is 0 Å². The number of rotatable bonds is 4. The van der Waals surface area contributed by atoms with E-state index < -0.39 is 5.41 Å². The van der Waals surface area contributed by atoms with Gasteiger partial charge in [0.15, 0.2) is 11.2 Å². The van der Waals surface area contributed by atoms with Crippen LogP contribution < -0.4 is 0 Å². The molecule has 0 aromatic rings. The highest BCUT2D eigenvalue weighted by molar-refractivity contribution is 6.05. The van der Waals surface area contributed by atoms with E-state index in [0.717, 1.165) is 25.7 Å². The van der Waals surface area contributed by atoms with Gasteiger partial charge in [0.2, 0.25) is 0 Å². The molecule has 0 N–H and O–H groups in total. The van der Waals surface area contributed by atoms with Crippen molar-refractivity contribution in [2.45, 2.75) is 52.4 Å². The van der Waals surface area contributed by atoms with Crippen LogP contribution in [0.4, 0.5) is 0 Å². The van der Waals surface area contributed by atoms with Crippen molar-refractivity contribution < 1.29 is 19.1 Å². The molecule has 1 aliphatic heterocycles.